The Morgan fingerprint density at radius 3 is 2.17 bits per heavy atom. The number of hydrogen-bond acceptors (Lipinski definition) is 4. The van der Waals surface area contributed by atoms with Crippen LogP contribution in [-0.2, 0) is 0 Å². The number of rotatable bonds is 1. The van der Waals surface area contributed by atoms with Crippen molar-refractivity contribution < 1.29 is 4.42 Å². The van der Waals surface area contributed by atoms with Gasteiger partial charge in [0.05, 0.1) is 0 Å². The van der Waals surface area contributed by atoms with Crippen LogP contribution in [0.4, 0.5) is 6.01 Å². The van der Waals surface area contributed by atoms with Crippen molar-refractivity contribution in [3.05, 3.63) is 5.89 Å². The first-order valence-electron chi connectivity index (χ1n) is 3.95. The average Bonchev–Trinajstić information content (AvgIpc) is 2.32. The summed E-state index contributed by atoms with van der Waals surface area (Å²) in [4.78, 5) is 1.95. The molecule has 0 bridgehead atoms. The maximum Gasteiger partial charge on any atom is 0.318 e. The van der Waals surface area contributed by atoms with Crippen molar-refractivity contribution in [2.75, 3.05) is 11.9 Å². The Labute approximate surface area is 72.6 Å². The van der Waals surface area contributed by atoms with E-state index >= 15 is 0 Å². The summed E-state index contributed by atoms with van der Waals surface area (Å²) in [7, 11) is 1.94. The smallest absolute Gasteiger partial charge is 0.318 e. The number of hydrogen-bond donors (Lipinski definition) is 0. The Kier molecular flexibility index (Phi) is 2.08. The van der Waals surface area contributed by atoms with E-state index in [0.717, 1.165) is 0 Å². The third-order valence-corrected chi connectivity index (χ3v) is 1.81. The zero-order valence-corrected chi connectivity index (χ0v) is 8.25. The summed E-state index contributed by atoms with van der Waals surface area (Å²) in [6.07, 6.45) is 0. The summed E-state index contributed by atoms with van der Waals surface area (Å²) in [6.45, 7) is 8.05. The topological polar surface area (TPSA) is 42.2 Å². The summed E-state index contributed by atoms with van der Waals surface area (Å²) in [6, 6.07) is 0.569. The minimum Gasteiger partial charge on any atom is -0.408 e. The molecule has 0 saturated heterocycles. The van der Waals surface area contributed by atoms with Crippen molar-refractivity contribution in [3.8, 4) is 0 Å². The van der Waals surface area contributed by atoms with Gasteiger partial charge in [0.1, 0.15) is 0 Å². The fourth-order valence-electron chi connectivity index (χ4n) is 0.709. The van der Waals surface area contributed by atoms with Gasteiger partial charge in [0.2, 0.25) is 5.89 Å². The predicted octanol–water partition coefficient (Wildman–Crippen LogP) is 1.61. The van der Waals surface area contributed by atoms with Gasteiger partial charge in [0.15, 0.2) is 0 Å². The highest BCUT2D eigenvalue weighted by atomic mass is 16.4. The molecule has 0 saturated carbocycles. The van der Waals surface area contributed by atoms with E-state index in [2.05, 4.69) is 31.0 Å². The van der Waals surface area contributed by atoms with E-state index in [0.29, 0.717) is 11.9 Å². The summed E-state index contributed by atoms with van der Waals surface area (Å²) >= 11 is 0. The van der Waals surface area contributed by atoms with Gasteiger partial charge in [-0.2, -0.15) is 0 Å². The summed E-state index contributed by atoms with van der Waals surface area (Å²) in [5.41, 5.74) is 0.0129. The molecule has 1 aromatic heterocycles. The molecule has 0 aliphatic carbocycles. The molecule has 1 aromatic rings. The van der Waals surface area contributed by atoms with Crippen LogP contribution in [0.15, 0.2) is 4.42 Å². The van der Waals surface area contributed by atoms with E-state index in [4.69, 9.17) is 4.42 Å². The lowest BCUT2D eigenvalue weighted by Crippen LogP contribution is -2.38. The molecule has 0 N–H and O–H groups in total. The largest absolute Gasteiger partial charge is 0.408 e. The van der Waals surface area contributed by atoms with Crippen molar-refractivity contribution in [3.63, 3.8) is 0 Å². The van der Waals surface area contributed by atoms with Gasteiger partial charge >= 0.3 is 6.01 Å². The molecule has 0 unspecified atom stereocenters. The molecule has 4 nitrogen and oxygen atoms in total. The maximum atomic E-state index is 5.28. The summed E-state index contributed by atoms with van der Waals surface area (Å²) < 4.78 is 5.28. The molecule has 0 radical (unpaired) electrons. The van der Waals surface area contributed by atoms with Gasteiger partial charge in [-0.1, -0.05) is 5.10 Å². The molecule has 4 heteroatoms. The predicted molar refractivity (Wildman–Crippen MR) is 47.2 cm³/mol. The molecule has 0 aliphatic heterocycles. The van der Waals surface area contributed by atoms with Crippen LogP contribution in [0.5, 0.6) is 0 Å². The fraction of sp³-hybridized carbons (Fsp3) is 0.750. The normalized spacial score (nSPS) is 11.8. The number of anilines is 1. The molecule has 0 aromatic carbocycles. The van der Waals surface area contributed by atoms with Gasteiger partial charge in [-0.25, -0.2) is 0 Å². The van der Waals surface area contributed by atoms with E-state index in [1.165, 1.54) is 0 Å². The molecule has 12 heavy (non-hydrogen) atoms. The van der Waals surface area contributed by atoms with Crippen LogP contribution in [0.1, 0.15) is 26.7 Å². The highest BCUT2D eigenvalue weighted by molar-refractivity contribution is 5.26. The molecule has 0 amide bonds. The van der Waals surface area contributed by atoms with Gasteiger partial charge < -0.3 is 9.32 Å². The molecule has 1 heterocycles. The Hall–Kier alpha value is -1.06. The molecule has 0 spiro atoms. The van der Waals surface area contributed by atoms with E-state index in [1.54, 1.807) is 6.92 Å². The average molecular weight is 169 g/mol. The zero-order valence-electron chi connectivity index (χ0n) is 8.25. The Morgan fingerprint density at radius 2 is 1.83 bits per heavy atom. The summed E-state index contributed by atoms with van der Waals surface area (Å²) in [5.74, 6) is 0.598. The number of aromatic nitrogens is 2. The summed E-state index contributed by atoms with van der Waals surface area (Å²) in [5, 5.41) is 7.68. The lowest BCUT2D eigenvalue weighted by Gasteiger charge is -2.29. The second-order valence-corrected chi connectivity index (χ2v) is 3.83. The van der Waals surface area contributed by atoms with Gasteiger partial charge in [-0.3, -0.25) is 0 Å². The monoisotopic (exact) mass is 169 g/mol. The van der Waals surface area contributed by atoms with Gasteiger partial charge in [0, 0.05) is 19.5 Å². The minimum atomic E-state index is 0.0129. The van der Waals surface area contributed by atoms with Crippen LogP contribution in [0.3, 0.4) is 0 Å². The zero-order chi connectivity index (χ0) is 9.35. The van der Waals surface area contributed by atoms with E-state index in [-0.39, 0.29) is 5.54 Å². The molecular weight excluding hydrogens is 154 g/mol. The van der Waals surface area contributed by atoms with Crippen molar-refractivity contribution in [2.45, 2.75) is 33.2 Å². The molecular formula is C8H15N3O. The highest BCUT2D eigenvalue weighted by Gasteiger charge is 2.21. The Morgan fingerprint density at radius 1 is 1.25 bits per heavy atom. The third kappa shape index (κ3) is 1.75. The van der Waals surface area contributed by atoms with E-state index in [1.807, 2.05) is 11.9 Å². The lowest BCUT2D eigenvalue weighted by molar-refractivity contribution is 0.451. The minimum absolute atomic E-state index is 0.0129. The van der Waals surface area contributed by atoms with Crippen molar-refractivity contribution in [1.29, 1.82) is 0 Å². The highest BCUT2D eigenvalue weighted by Crippen LogP contribution is 2.19. The number of nitrogens with zero attached hydrogens (tertiary/aromatic N) is 3. The van der Waals surface area contributed by atoms with Crippen LogP contribution in [0.2, 0.25) is 0 Å². The second-order valence-electron chi connectivity index (χ2n) is 3.83. The molecule has 0 fully saturated rings. The molecule has 0 atom stereocenters. The van der Waals surface area contributed by atoms with Crippen molar-refractivity contribution in [1.82, 2.24) is 10.2 Å². The first kappa shape index (κ1) is 9.03. The van der Waals surface area contributed by atoms with Crippen molar-refractivity contribution in [2.24, 2.45) is 0 Å². The SMILES string of the molecule is Cc1nnc(N(C)C(C)(C)C)o1. The lowest BCUT2D eigenvalue weighted by atomic mass is 10.1. The number of aryl methyl sites for hydroxylation is 1. The quantitative estimate of drug-likeness (QED) is 0.640. The maximum absolute atomic E-state index is 5.28. The van der Waals surface area contributed by atoms with Crippen LogP contribution in [0, 0.1) is 6.92 Å². The second kappa shape index (κ2) is 2.77. The third-order valence-electron chi connectivity index (χ3n) is 1.81. The van der Waals surface area contributed by atoms with Gasteiger partial charge in [0.25, 0.3) is 0 Å². The standard InChI is InChI=1S/C8H15N3O/c1-6-9-10-7(12-6)11(5)8(2,3)4/h1-5H3. The molecule has 0 aliphatic rings. The Bertz CT molecular complexity index is 262. The van der Waals surface area contributed by atoms with E-state index in [9.17, 15) is 0 Å². The van der Waals surface area contributed by atoms with Gasteiger partial charge in [-0.05, 0) is 20.8 Å². The first-order valence-corrected chi connectivity index (χ1v) is 3.95. The van der Waals surface area contributed by atoms with Crippen LogP contribution >= 0.6 is 0 Å². The van der Waals surface area contributed by atoms with Crippen molar-refractivity contribution >= 4 is 6.01 Å². The van der Waals surface area contributed by atoms with Gasteiger partial charge in [-0.15, -0.1) is 5.10 Å². The van der Waals surface area contributed by atoms with Crippen LogP contribution in [0.25, 0.3) is 0 Å². The molecule has 68 valence electrons. The first-order chi connectivity index (χ1) is 5.41. The van der Waals surface area contributed by atoms with Crippen LogP contribution < -0.4 is 4.90 Å². The van der Waals surface area contributed by atoms with Crippen LogP contribution in [-0.4, -0.2) is 22.8 Å². The Balaban J connectivity index is 2.85. The van der Waals surface area contributed by atoms with E-state index < -0.39 is 0 Å². The fourth-order valence-corrected chi connectivity index (χ4v) is 0.709. The molecule has 1 rings (SSSR count).